The fraction of sp³-hybridized carbons (Fsp3) is 0.538. The predicted octanol–water partition coefficient (Wildman–Crippen LogP) is 1.56. The molecule has 0 aromatic carbocycles. The fourth-order valence-corrected chi connectivity index (χ4v) is 4.52. The van der Waals surface area contributed by atoms with Crippen LogP contribution in [0, 0.1) is 18.8 Å². The highest BCUT2D eigenvalue weighted by Crippen LogP contribution is 2.23. The number of anilines is 1. The van der Waals surface area contributed by atoms with Crippen molar-refractivity contribution in [1.82, 2.24) is 34.0 Å². The molecule has 4 heterocycles. The molecule has 38 heavy (non-hydrogen) atoms. The summed E-state index contributed by atoms with van der Waals surface area (Å²) < 4.78 is 9.66. The molecule has 1 fully saturated rings. The zero-order valence-corrected chi connectivity index (χ0v) is 22.7. The molecule has 0 unspecified atom stereocenters. The maximum absolute atomic E-state index is 13.7. The molecule has 0 spiro atoms. The minimum atomic E-state index is -0.598. The van der Waals surface area contributed by atoms with E-state index in [1.54, 1.807) is 30.8 Å². The van der Waals surface area contributed by atoms with E-state index in [-0.39, 0.29) is 30.3 Å². The number of hydrogen-bond acceptors (Lipinski definition) is 8. The van der Waals surface area contributed by atoms with Gasteiger partial charge >= 0.3 is 11.8 Å². The number of hydrogen-bond donors (Lipinski definition) is 1. The molecule has 0 radical (unpaired) electrons. The Morgan fingerprint density at radius 1 is 1.24 bits per heavy atom. The standard InChI is InChI=1S/C26H34N8O4/c1-7-8-14-33-20-21(31(6)25(37)34(22(20)35)16-19-27-12-11-17(2)28-19)30-23(33)32-13-9-10-18(15-32)29-24(36)38-26(3,4)5/h11-12,18H,9-10,13-16H2,1-6H3,(H,29,36)/t18-/m1/s1. The number of ether oxygens (including phenoxy) is 1. The van der Waals surface area contributed by atoms with Crippen molar-refractivity contribution >= 4 is 23.2 Å². The highest BCUT2D eigenvalue weighted by molar-refractivity contribution is 5.75. The first-order valence-electron chi connectivity index (χ1n) is 12.6. The van der Waals surface area contributed by atoms with E-state index in [0.717, 1.165) is 23.1 Å². The van der Waals surface area contributed by atoms with E-state index in [1.165, 1.54) is 4.57 Å². The molecular weight excluding hydrogens is 488 g/mol. The van der Waals surface area contributed by atoms with Gasteiger partial charge in [0.15, 0.2) is 11.2 Å². The molecule has 1 saturated heterocycles. The molecule has 0 aliphatic carbocycles. The van der Waals surface area contributed by atoms with Crippen molar-refractivity contribution in [2.24, 2.45) is 7.05 Å². The number of nitrogens with one attached hydrogen (secondary N) is 1. The largest absolute Gasteiger partial charge is 0.444 e. The van der Waals surface area contributed by atoms with Crippen LogP contribution in [0.5, 0.6) is 0 Å². The number of carbonyl (C=O) groups excluding carboxylic acids is 1. The van der Waals surface area contributed by atoms with E-state index in [2.05, 4.69) is 27.1 Å². The van der Waals surface area contributed by atoms with Crippen molar-refractivity contribution in [3.8, 4) is 11.8 Å². The molecule has 1 aliphatic heterocycles. The van der Waals surface area contributed by atoms with Crippen molar-refractivity contribution in [3.63, 3.8) is 0 Å². The van der Waals surface area contributed by atoms with Crippen LogP contribution in [-0.4, -0.2) is 59.5 Å². The molecule has 1 N–H and O–H groups in total. The van der Waals surface area contributed by atoms with Crippen LogP contribution in [0.15, 0.2) is 21.9 Å². The van der Waals surface area contributed by atoms with Crippen LogP contribution in [0.3, 0.4) is 0 Å². The Morgan fingerprint density at radius 3 is 2.68 bits per heavy atom. The second-order valence-electron chi connectivity index (χ2n) is 10.4. The second-order valence-corrected chi connectivity index (χ2v) is 10.4. The quantitative estimate of drug-likeness (QED) is 0.500. The van der Waals surface area contributed by atoms with Crippen molar-refractivity contribution in [2.45, 2.75) is 72.2 Å². The Morgan fingerprint density at radius 2 is 2.00 bits per heavy atom. The first-order valence-corrected chi connectivity index (χ1v) is 12.6. The average Bonchev–Trinajstić information content (AvgIpc) is 3.23. The topological polar surface area (TPSA) is 129 Å². The zero-order chi connectivity index (χ0) is 27.6. The molecule has 1 atom stereocenters. The Labute approximate surface area is 220 Å². The lowest BCUT2D eigenvalue weighted by molar-refractivity contribution is 0.0499. The highest BCUT2D eigenvalue weighted by Gasteiger charge is 2.29. The summed E-state index contributed by atoms with van der Waals surface area (Å²) in [7, 11) is 1.59. The van der Waals surface area contributed by atoms with Gasteiger partial charge < -0.3 is 15.0 Å². The van der Waals surface area contributed by atoms with E-state index in [4.69, 9.17) is 9.72 Å². The van der Waals surface area contributed by atoms with Crippen molar-refractivity contribution in [3.05, 3.63) is 44.6 Å². The summed E-state index contributed by atoms with van der Waals surface area (Å²) in [5.74, 6) is 6.80. The number of rotatable bonds is 5. The molecule has 3 aromatic rings. The summed E-state index contributed by atoms with van der Waals surface area (Å²) in [4.78, 5) is 54.6. The molecule has 1 aliphatic rings. The number of aromatic nitrogens is 6. The first kappa shape index (κ1) is 26.9. The van der Waals surface area contributed by atoms with Gasteiger partial charge in [-0.05, 0) is 53.5 Å². The summed E-state index contributed by atoms with van der Waals surface area (Å²) in [6.45, 7) is 10.3. The van der Waals surface area contributed by atoms with Crippen molar-refractivity contribution in [2.75, 3.05) is 18.0 Å². The lowest BCUT2D eigenvalue weighted by Crippen LogP contribution is -2.49. The van der Waals surface area contributed by atoms with E-state index in [0.29, 0.717) is 24.9 Å². The average molecular weight is 523 g/mol. The molecule has 0 saturated carbocycles. The van der Waals surface area contributed by atoms with Gasteiger partial charge in [0.1, 0.15) is 11.4 Å². The van der Waals surface area contributed by atoms with Crippen LogP contribution in [0.1, 0.15) is 52.1 Å². The normalized spacial score (nSPS) is 15.7. The van der Waals surface area contributed by atoms with Crippen LogP contribution in [-0.2, 0) is 24.9 Å². The van der Waals surface area contributed by atoms with E-state index < -0.39 is 22.9 Å². The van der Waals surface area contributed by atoms with Crippen LogP contribution in [0.25, 0.3) is 11.2 Å². The number of aryl methyl sites for hydroxylation is 2. The first-order chi connectivity index (χ1) is 18.0. The van der Waals surface area contributed by atoms with Crippen LogP contribution < -0.4 is 21.5 Å². The SMILES string of the molecule is CC#CCn1c(N2CCC[C@@H](NC(=O)OC(C)(C)C)C2)nc2c1c(=O)n(Cc1nccc(C)n1)c(=O)n2C. The van der Waals surface area contributed by atoms with Crippen LogP contribution >= 0.6 is 0 Å². The number of nitrogens with zero attached hydrogens (tertiary/aromatic N) is 7. The van der Waals surface area contributed by atoms with E-state index in [9.17, 15) is 14.4 Å². The lowest BCUT2D eigenvalue weighted by atomic mass is 10.1. The van der Waals surface area contributed by atoms with Crippen LogP contribution in [0.4, 0.5) is 10.7 Å². The smallest absolute Gasteiger partial charge is 0.407 e. The van der Waals surface area contributed by atoms with Gasteiger partial charge in [-0.25, -0.2) is 19.6 Å². The molecule has 202 valence electrons. The van der Waals surface area contributed by atoms with Crippen molar-refractivity contribution in [1.29, 1.82) is 0 Å². The number of piperidine rings is 1. The number of carbonyl (C=O) groups is 1. The van der Waals surface area contributed by atoms with Crippen LogP contribution in [0.2, 0.25) is 0 Å². The summed E-state index contributed by atoms with van der Waals surface area (Å²) in [5.41, 5.74) is -0.291. The third kappa shape index (κ3) is 5.72. The van der Waals surface area contributed by atoms with Gasteiger partial charge in [-0.3, -0.25) is 18.5 Å². The number of amides is 1. The van der Waals surface area contributed by atoms with E-state index in [1.807, 2.05) is 32.6 Å². The van der Waals surface area contributed by atoms with Gasteiger partial charge in [-0.1, -0.05) is 5.92 Å². The summed E-state index contributed by atoms with van der Waals surface area (Å²) in [6, 6.07) is 1.59. The Bertz CT molecular complexity index is 1530. The van der Waals surface area contributed by atoms with Gasteiger partial charge in [0.25, 0.3) is 5.56 Å². The molecular formula is C26H34N8O4. The van der Waals surface area contributed by atoms with Crippen molar-refractivity contribution < 1.29 is 9.53 Å². The summed E-state index contributed by atoms with van der Waals surface area (Å²) in [5, 5.41) is 2.94. The van der Waals surface area contributed by atoms with Gasteiger partial charge in [0, 0.05) is 38.1 Å². The zero-order valence-electron chi connectivity index (χ0n) is 22.7. The Hall–Kier alpha value is -4.14. The van der Waals surface area contributed by atoms with Gasteiger partial charge in [0.2, 0.25) is 5.95 Å². The summed E-state index contributed by atoms with van der Waals surface area (Å²) in [6.07, 6.45) is 2.71. The monoisotopic (exact) mass is 522 g/mol. The van der Waals surface area contributed by atoms with Gasteiger partial charge in [0.05, 0.1) is 13.1 Å². The summed E-state index contributed by atoms with van der Waals surface area (Å²) >= 11 is 0. The lowest BCUT2D eigenvalue weighted by Gasteiger charge is -2.34. The predicted molar refractivity (Wildman–Crippen MR) is 143 cm³/mol. The van der Waals surface area contributed by atoms with Gasteiger partial charge in [-0.15, -0.1) is 5.92 Å². The maximum Gasteiger partial charge on any atom is 0.407 e. The third-order valence-corrected chi connectivity index (χ3v) is 6.20. The molecule has 4 rings (SSSR count). The molecule has 12 heteroatoms. The van der Waals surface area contributed by atoms with Gasteiger partial charge in [-0.2, -0.15) is 4.98 Å². The minimum Gasteiger partial charge on any atom is -0.444 e. The number of imidazole rings is 1. The highest BCUT2D eigenvalue weighted by atomic mass is 16.6. The minimum absolute atomic E-state index is 0.0608. The maximum atomic E-state index is 13.7. The fourth-order valence-electron chi connectivity index (χ4n) is 4.52. The molecule has 1 amide bonds. The molecule has 0 bridgehead atoms. The molecule has 12 nitrogen and oxygen atoms in total. The number of alkyl carbamates (subject to hydrolysis) is 1. The second kappa shape index (κ2) is 10.7. The number of fused-ring (bicyclic) bond motifs is 1. The third-order valence-electron chi connectivity index (χ3n) is 6.20. The van der Waals surface area contributed by atoms with E-state index >= 15 is 0 Å². The molecule has 3 aromatic heterocycles. The Balaban J connectivity index is 1.75. The Kier molecular flexibility index (Phi) is 7.57.